The minimum atomic E-state index is -0.518. The fourth-order valence-electron chi connectivity index (χ4n) is 1.57. The van der Waals surface area contributed by atoms with Crippen molar-refractivity contribution in [3.63, 3.8) is 0 Å². The molecule has 0 atom stereocenters. The standard InChI is InChI=1S/C9H15N3OS2/c1-7-11-12-8(15-7)14-6-9(13)2-4-10-5-3-9/h10,13H,2-6H2,1H3. The van der Waals surface area contributed by atoms with Crippen molar-refractivity contribution in [3.05, 3.63) is 5.01 Å². The zero-order chi connectivity index (χ0) is 10.7. The Bertz CT molecular complexity index is 323. The third kappa shape index (κ3) is 3.14. The van der Waals surface area contributed by atoms with Crippen LogP contribution in [0.5, 0.6) is 0 Å². The fraction of sp³-hybridized carbons (Fsp3) is 0.778. The van der Waals surface area contributed by atoms with E-state index in [1.54, 1.807) is 23.1 Å². The van der Waals surface area contributed by atoms with E-state index in [2.05, 4.69) is 15.5 Å². The van der Waals surface area contributed by atoms with Crippen molar-refractivity contribution in [1.82, 2.24) is 15.5 Å². The highest BCUT2D eigenvalue weighted by Gasteiger charge is 2.29. The van der Waals surface area contributed by atoms with Crippen LogP contribution in [-0.4, -0.2) is 39.7 Å². The molecule has 4 nitrogen and oxygen atoms in total. The van der Waals surface area contributed by atoms with Gasteiger partial charge in [-0.2, -0.15) is 0 Å². The van der Waals surface area contributed by atoms with Crippen molar-refractivity contribution in [1.29, 1.82) is 0 Å². The van der Waals surface area contributed by atoms with Gasteiger partial charge in [0.2, 0.25) is 0 Å². The lowest BCUT2D eigenvalue weighted by atomic mass is 9.95. The first-order chi connectivity index (χ1) is 7.18. The predicted octanol–water partition coefficient (Wildman–Crippen LogP) is 1.05. The molecule has 1 saturated heterocycles. The van der Waals surface area contributed by atoms with E-state index in [0.29, 0.717) is 0 Å². The molecule has 0 unspecified atom stereocenters. The summed E-state index contributed by atoms with van der Waals surface area (Å²) in [6.07, 6.45) is 1.66. The summed E-state index contributed by atoms with van der Waals surface area (Å²) in [7, 11) is 0. The summed E-state index contributed by atoms with van der Waals surface area (Å²) in [6.45, 7) is 3.76. The Morgan fingerprint density at radius 1 is 1.47 bits per heavy atom. The molecular weight excluding hydrogens is 230 g/mol. The number of rotatable bonds is 3. The highest BCUT2D eigenvalue weighted by Crippen LogP contribution is 2.29. The first-order valence-electron chi connectivity index (χ1n) is 5.04. The monoisotopic (exact) mass is 245 g/mol. The summed E-state index contributed by atoms with van der Waals surface area (Å²) >= 11 is 3.20. The maximum atomic E-state index is 10.2. The number of aromatic nitrogens is 2. The van der Waals surface area contributed by atoms with Crippen LogP contribution in [0.25, 0.3) is 0 Å². The first-order valence-corrected chi connectivity index (χ1v) is 6.84. The van der Waals surface area contributed by atoms with Crippen LogP contribution in [0, 0.1) is 6.92 Å². The smallest absolute Gasteiger partial charge is 0.174 e. The average molecular weight is 245 g/mol. The molecule has 84 valence electrons. The van der Waals surface area contributed by atoms with Crippen molar-refractivity contribution in [2.75, 3.05) is 18.8 Å². The zero-order valence-electron chi connectivity index (χ0n) is 8.69. The van der Waals surface area contributed by atoms with Gasteiger partial charge in [-0.15, -0.1) is 10.2 Å². The van der Waals surface area contributed by atoms with E-state index in [4.69, 9.17) is 0 Å². The SMILES string of the molecule is Cc1nnc(SCC2(O)CCNCC2)s1. The summed E-state index contributed by atoms with van der Waals surface area (Å²) in [5.74, 6) is 0.726. The van der Waals surface area contributed by atoms with E-state index < -0.39 is 5.60 Å². The van der Waals surface area contributed by atoms with Gasteiger partial charge in [-0.05, 0) is 32.9 Å². The quantitative estimate of drug-likeness (QED) is 0.780. The van der Waals surface area contributed by atoms with E-state index in [0.717, 1.165) is 41.0 Å². The Kier molecular flexibility index (Phi) is 3.60. The Balaban J connectivity index is 1.86. The second-order valence-corrected chi connectivity index (χ2v) is 6.25. The maximum Gasteiger partial charge on any atom is 0.174 e. The molecule has 1 aromatic heterocycles. The number of aliphatic hydroxyl groups is 1. The number of piperidine rings is 1. The van der Waals surface area contributed by atoms with Crippen molar-refractivity contribution in [2.45, 2.75) is 29.7 Å². The first kappa shape index (κ1) is 11.3. The molecule has 1 fully saturated rings. The van der Waals surface area contributed by atoms with Crippen LogP contribution >= 0.6 is 23.1 Å². The molecule has 1 aliphatic rings. The van der Waals surface area contributed by atoms with E-state index >= 15 is 0 Å². The lowest BCUT2D eigenvalue weighted by Gasteiger charge is -2.31. The van der Waals surface area contributed by atoms with Crippen molar-refractivity contribution in [3.8, 4) is 0 Å². The van der Waals surface area contributed by atoms with Gasteiger partial charge in [0.25, 0.3) is 0 Å². The van der Waals surface area contributed by atoms with Crippen LogP contribution < -0.4 is 5.32 Å². The van der Waals surface area contributed by atoms with Crippen LogP contribution in [-0.2, 0) is 0 Å². The molecule has 1 aromatic rings. The number of thioether (sulfide) groups is 1. The van der Waals surface area contributed by atoms with Crippen molar-refractivity contribution in [2.24, 2.45) is 0 Å². The van der Waals surface area contributed by atoms with Crippen LogP contribution in [0.15, 0.2) is 4.34 Å². The molecule has 2 rings (SSSR count). The fourth-order valence-corrected chi connectivity index (χ4v) is 3.54. The van der Waals surface area contributed by atoms with Crippen molar-refractivity contribution < 1.29 is 5.11 Å². The molecule has 1 aliphatic heterocycles. The molecule has 6 heteroatoms. The summed E-state index contributed by atoms with van der Waals surface area (Å²) in [5, 5.41) is 22.5. The maximum absolute atomic E-state index is 10.2. The summed E-state index contributed by atoms with van der Waals surface area (Å²) in [6, 6.07) is 0. The van der Waals surface area contributed by atoms with Crippen LogP contribution in [0.1, 0.15) is 17.8 Å². The summed E-state index contributed by atoms with van der Waals surface area (Å²) in [4.78, 5) is 0. The Labute approximate surface area is 97.5 Å². The minimum absolute atomic E-state index is 0.518. The predicted molar refractivity (Wildman–Crippen MR) is 62.4 cm³/mol. The number of aryl methyl sites for hydroxylation is 1. The second-order valence-electron chi connectivity index (χ2n) is 3.85. The van der Waals surface area contributed by atoms with Gasteiger partial charge < -0.3 is 10.4 Å². The second kappa shape index (κ2) is 4.78. The summed E-state index contributed by atoms with van der Waals surface area (Å²) in [5.41, 5.74) is -0.518. The van der Waals surface area contributed by atoms with Crippen LogP contribution in [0.2, 0.25) is 0 Å². The molecule has 15 heavy (non-hydrogen) atoms. The van der Waals surface area contributed by atoms with Gasteiger partial charge in [-0.1, -0.05) is 23.1 Å². The Morgan fingerprint density at radius 3 is 2.80 bits per heavy atom. The topological polar surface area (TPSA) is 58.0 Å². The highest BCUT2D eigenvalue weighted by molar-refractivity contribution is 8.01. The average Bonchev–Trinajstić information content (AvgIpc) is 2.63. The van der Waals surface area contributed by atoms with Crippen LogP contribution in [0.3, 0.4) is 0 Å². The minimum Gasteiger partial charge on any atom is -0.389 e. The number of nitrogens with zero attached hydrogens (tertiary/aromatic N) is 2. The van der Waals surface area contributed by atoms with E-state index in [9.17, 15) is 5.11 Å². The van der Waals surface area contributed by atoms with Crippen molar-refractivity contribution >= 4 is 23.1 Å². The lowest BCUT2D eigenvalue weighted by molar-refractivity contribution is 0.0339. The van der Waals surface area contributed by atoms with Gasteiger partial charge in [-0.3, -0.25) is 0 Å². The van der Waals surface area contributed by atoms with Gasteiger partial charge in [0.1, 0.15) is 5.01 Å². The number of hydrogen-bond donors (Lipinski definition) is 2. The summed E-state index contributed by atoms with van der Waals surface area (Å²) < 4.78 is 0.958. The molecule has 0 spiro atoms. The van der Waals surface area contributed by atoms with E-state index in [1.165, 1.54) is 0 Å². The van der Waals surface area contributed by atoms with Gasteiger partial charge in [-0.25, -0.2) is 0 Å². The van der Waals surface area contributed by atoms with Gasteiger partial charge in [0.15, 0.2) is 4.34 Å². The Hall–Kier alpha value is -0.170. The van der Waals surface area contributed by atoms with E-state index in [1.807, 2.05) is 6.92 Å². The molecule has 0 radical (unpaired) electrons. The highest BCUT2D eigenvalue weighted by atomic mass is 32.2. The third-order valence-corrected chi connectivity index (χ3v) is 4.75. The molecule has 0 amide bonds. The molecule has 0 bridgehead atoms. The molecular formula is C9H15N3OS2. The molecule has 2 heterocycles. The van der Waals surface area contributed by atoms with E-state index in [-0.39, 0.29) is 0 Å². The third-order valence-electron chi connectivity index (χ3n) is 2.51. The van der Waals surface area contributed by atoms with Gasteiger partial charge in [0, 0.05) is 5.75 Å². The zero-order valence-corrected chi connectivity index (χ0v) is 10.3. The largest absolute Gasteiger partial charge is 0.389 e. The normalized spacial score (nSPS) is 20.4. The molecule has 2 N–H and O–H groups in total. The Morgan fingerprint density at radius 2 is 2.20 bits per heavy atom. The molecule has 0 aliphatic carbocycles. The van der Waals surface area contributed by atoms with Gasteiger partial charge >= 0.3 is 0 Å². The lowest BCUT2D eigenvalue weighted by Crippen LogP contribution is -2.43. The molecule has 0 aromatic carbocycles. The molecule has 0 saturated carbocycles. The van der Waals surface area contributed by atoms with Crippen LogP contribution in [0.4, 0.5) is 0 Å². The number of hydrogen-bond acceptors (Lipinski definition) is 6. The van der Waals surface area contributed by atoms with Gasteiger partial charge in [0.05, 0.1) is 5.60 Å². The number of nitrogens with one attached hydrogen (secondary N) is 1.